The van der Waals surface area contributed by atoms with Crippen LogP contribution in [-0.4, -0.2) is 29.0 Å². The molecule has 2 N–H and O–H groups in total. The Balaban J connectivity index is 1.66. The van der Waals surface area contributed by atoms with E-state index >= 15 is 0 Å². The van der Waals surface area contributed by atoms with Crippen molar-refractivity contribution in [3.8, 4) is 0 Å². The Labute approximate surface area is 107 Å². The third-order valence-electron chi connectivity index (χ3n) is 3.17. The van der Waals surface area contributed by atoms with Crippen LogP contribution in [0.5, 0.6) is 0 Å². The van der Waals surface area contributed by atoms with Crippen molar-refractivity contribution >= 4 is 16.7 Å². The zero-order valence-electron chi connectivity index (χ0n) is 10.5. The number of hydrogen-bond donors (Lipinski definition) is 2. The SMILES string of the molecule is CCCc1nsc(NCCC2CCCNC2)n1. The minimum Gasteiger partial charge on any atom is -0.360 e. The molecule has 2 heterocycles. The van der Waals surface area contributed by atoms with Gasteiger partial charge in [-0.2, -0.15) is 4.37 Å². The lowest BCUT2D eigenvalue weighted by Gasteiger charge is -2.22. The maximum absolute atomic E-state index is 4.46. The number of aromatic nitrogens is 2. The molecule has 1 aromatic rings. The van der Waals surface area contributed by atoms with Gasteiger partial charge in [0.05, 0.1) is 0 Å². The third kappa shape index (κ3) is 4.24. The van der Waals surface area contributed by atoms with Crippen LogP contribution in [0.3, 0.4) is 0 Å². The summed E-state index contributed by atoms with van der Waals surface area (Å²) in [5, 5.41) is 7.82. The molecule has 1 unspecified atom stereocenters. The zero-order valence-corrected chi connectivity index (χ0v) is 11.4. The molecule has 96 valence electrons. The summed E-state index contributed by atoms with van der Waals surface area (Å²) in [6.45, 7) is 5.55. The van der Waals surface area contributed by atoms with Crippen molar-refractivity contribution < 1.29 is 0 Å². The van der Waals surface area contributed by atoms with E-state index in [2.05, 4.69) is 26.9 Å². The number of aryl methyl sites for hydroxylation is 1. The number of rotatable bonds is 6. The van der Waals surface area contributed by atoms with Crippen LogP contribution < -0.4 is 10.6 Å². The first-order chi connectivity index (χ1) is 8.38. The first kappa shape index (κ1) is 12.8. The van der Waals surface area contributed by atoms with Crippen molar-refractivity contribution in [2.75, 3.05) is 25.0 Å². The molecule has 1 saturated heterocycles. The molecule has 2 rings (SSSR count). The lowest BCUT2D eigenvalue weighted by atomic mass is 9.96. The lowest BCUT2D eigenvalue weighted by Crippen LogP contribution is -2.30. The Morgan fingerprint density at radius 3 is 3.24 bits per heavy atom. The predicted octanol–water partition coefficient (Wildman–Crippen LogP) is 2.29. The Morgan fingerprint density at radius 1 is 1.53 bits per heavy atom. The smallest absolute Gasteiger partial charge is 0.202 e. The van der Waals surface area contributed by atoms with E-state index in [1.165, 1.54) is 43.9 Å². The van der Waals surface area contributed by atoms with Gasteiger partial charge in [0.25, 0.3) is 0 Å². The van der Waals surface area contributed by atoms with Gasteiger partial charge in [0.15, 0.2) is 0 Å². The molecular weight excluding hydrogens is 232 g/mol. The number of piperidine rings is 1. The Kier molecular flexibility index (Phi) is 5.19. The summed E-state index contributed by atoms with van der Waals surface area (Å²) in [7, 11) is 0. The molecule has 0 aromatic carbocycles. The molecule has 0 radical (unpaired) electrons. The Hall–Kier alpha value is -0.680. The molecule has 0 amide bonds. The normalized spacial score (nSPS) is 20.4. The van der Waals surface area contributed by atoms with Crippen LogP contribution in [-0.2, 0) is 6.42 Å². The van der Waals surface area contributed by atoms with Gasteiger partial charge < -0.3 is 10.6 Å². The van der Waals surface area contributed by atoms with Gasteiger partial charge in [0.1, 0.15) is 5.82 Å². The van der Waals surface area contributed by atoms with Gasteiger partial charge >= 0.3 is 0 Å². The number of anilines is 1. The van der Waals surface area contributed by atoms with E-state index in [1.807, 2.05) is 0 Å². The average molecular weight is 254 g/mol. The predicted molar refractivity (Wildman–Crippen MR) is 72.6 cm³/mol. The van der Waals surface area contributed by atoms with E-state index in [0.717, 1.165) is 36.3 Å². The van der Waals surface area contributed by atoms with E-state index in [9.17, 15) is 0 Å². The summed E-state index contributed by atoms with van der Waals surface area (Å²) < 4.78 is 4.33. The van der Waals surface area contributed by atoms with Gasteiger partial charge in [-0.1, -0.05) is 6.92 Å². The Bertz CT molecular complexity index is 320. The second kappa shape index (κ2) is 6.91. The monoisotopic (exact) mass is 254 g/mol. The molecule has 5 heteroatoms. The van der Waals surface area contributed by atoms with Gasteiger partial charge in [0, 0.05) is 24.5 Å². The maximum atomic E-state index is 4.46. The summed E-state index contributed by atoms with van der Waals surface area (Å²) in [5.41, 5.74) is 0. The van der Waals surface area contributed by atoms with Crippen molar-refractivity contribution in [2.24, 2.45) is 5.92 Å². The molecular formula is C12H22N4S. The van der Waals surface area contributed by atoms with E-state index in [1.54, 1.807) is 0 Å². The molecule has 1 aliphatic rings. The fraction of sp³-hybridized carbons (Fsp3) is 0.833. The highest BCUT2D eigenvalue weighted by molar-refractivity contribution is 7.09. The lowest BCUT2D eigenvalue weighted by molar-refractivity contribution is 0.364. The number of hydrogen-bond acceptors (Lipinski definition) is 5. The van der Waals surface area contributed by atoms with Crippen LogP contribution >= 0.6 is 11.5 Å². The largest absolute Gasteiger partial charge is 0.360 e. The second-order valence-corrected chi connectivity index (χ2v) is 5.45. The summed E-state index contributed by atoms with van der Waals surface area (Å²) in [6.07, 6.45) is 6.03. The molecule has 0 aliphatic carbocycles. The molecule has 1 fully saturated rings. The highest BCUT2D eigenvalue weighted by Crippen LogP contribution is 2.16. The molecule has 17 heavy (non-hydrogen) atoms. The summed E-state index contributed by atoms with van der Waals surface area (Å²) >= 11 is 1.49. The van der Waals surface area contributed by atoms with Gasteiger partial charge in [-0.05, 0) is 44.7 Å². The van der Waals surface area contributed by atoms with E-state index in [4.69, 9.17) is 0 Å². The third-order valence-corrected chi connectivity index (χ3v) is 3.88. The average Bonchev–Trinajstić information content (AvgIpc) is 2.79. The van der Waals surface area contributed by atoms with Crippen LogP contribution in [0.2, 0.25) is 0 Å². The van der Waals surface area contributed by atoms with E-state index in [-0.39, 0.29) is 0 Å². The van der Waals surface area contributed by atoms with E-state index < -0.39 is 0 Å². The topological polar surface area (TPSA) is 49.8 Å². The number of nitrogens with one attached hydrogen (secondary N) is 2. The van der Waals surface area contributed by atoms with Crippen molar-refractivity contribution in [3.63, 3.8) is 0 Å². The van der Waals surface area contributed by atoms with Crippen molar-refractivity contribution in [1.82, 2.24) is 14.7 Å². The molecule has 1 atom stereocenters. The number of nitrogens with zero attached hydrogens (tertiary/aromatic N) is 2. The maximum Gasteiger partial charge on any atom is 0.202 e. The molecule has 4 nitrogen and oxygen atoms in total. The van der Waals surface area contributed by atoms with Gasteiger partial charge in [-0.3, -0.25) is 0 Å². The molecule has 1 aromatic heterocycles. The summed E-state index contributed by atoms with van der Waals surface area (Å²) in [6, 6.07) is 0. The van der Waals surface area contributed by atoms with Crippen LogP contribution in [0.25, 0.3) is 0 Å². The molecule has 1 aliphatic heterocycles. The van der Waals surface area contributed by atoms with Crippen molar-refractivity contribution in [3.05, 3.63) is 5.82 Å². The van der Waals surface area contributed by atoms with Crippen LogP contribution in [0.1, 0.15) is 38.4 Å². The van der Waals surface area contributed by atoms with Gasteiger partial charge in [-0.15, -0.1) is 0 Å². The standard InChI is InChI=1S/C12H22N4S/c1-2-4-11-15-12(17-16-11)14-8-6-10-5-3-7-13-9-10/h10,13H,2-9H2,1H3,(H,14,15,16). The second-order valence-electron chi connectivity index (χ2n) is 4.69. The Morgan fingerprint density at radius 2 is 2.47 bits per heavy atom. The molecule has 0 spiro atoms. The minimum atomic E-state index is 0.833. The van der Waals surface area contributed by atoms with Crippen LogP contribution in [0.4, 0.5) is 5.13 Å². The van der Waals surface area contributed by atoms with Gasteiger partial charge in [-0.25, -0.2) is 4.98 Å². The molecule has 0 saturated carbocycles. The highest BCUT2D eigenvalue weighted by Gasteiger charge is 2.12. The highest BCUT2D eigenvalue weighted by atomic mass is 32.1. The fourth-order valence-electron chi connectivity index (χ4n) is 2.20. The van der Waals surface area contributed by atoms with Gasteiger partial charge in [0.2, 0.25) is 5.13 Å². The van der Waals surface area contributed by atoms with Crippen LogP contribution in [0.15, 0.2) is 0 Å². The van der Waals surface area contributed by atoms with Crippen molar-refractivity contribution in [2.45, 2.75) is 39.0 Å². The zero-order chi connectivity index (χ0) is 11.9. The first-order valence-electron chi connectivity index (χ1n) is 6.65. The van der Waals surface area contributed by atoms with E-state index in [0.29, 0.717) is 0 Å². The van der Waals surface area contributed by atoms with Crippen molar-refractivity contribution in [1.29, 1.82) is 0 Å². The fourth-order valence-corrected chi connectivity index (χ4v) is 2.84. The summed E-state index contributed by atoms with van der Waals surface area (Å²) in [4.78, 5) is 4.46. The van der Waals surface area contributed by atoms with Crippen LogP contribution in [0, 0.1) is 5.92 Å². The quantitative estimate of drug-likeness (QED) is 0.818. The molecule has 0 bridgehead atoms. The summed E-state index contributed by atoms with van der Waals surface area (Å²) in [5.74, 6) is 1.82. The first-order valence-corrected chi connectivity index (χ1v) is 7.43. The minimum absolute atomic E-state index is 0.833.